The van der Waals surface area contributed by atoms with Crippen LogP contribution in [0, 0.1) is 11.6 Å². The summed E-state index contributed by atoms with van der Waals surface area (Å²) >= 11 is 0. The van der Waals surface area contributed by atoms with Crippen molar-refractivity contribution in [2.45, 2.75) is 24.9 Å². The van der Waals surface area contributed by atoms with Crippen molar-refractivity contribution in [3.63, 3.8) is 0 Å². The van der Waals surface area contributed by atoms with Crippen molar-refractivity contribution in [3.05, 3.63) is 64.5 Å². The van der Waals surface area contributed by atoms with Crippen molar-refractivity contribution < 1.29 is 35.9 Å². The Morgan fingerprint density at radius 1 is 1.19 bits per heavy atom. The fraction of sp³-hybridized carbons (Fsp3) is 0.250. The molecule has 6 nitrogen and oxygen atoms in total. The molecule has 0 saturated carbocycles. The second kappa shape index (κ2) is 6.97. The Bertz CT molecular complexity index is 1260. The minimum absolute atomic E-state index is 0.256. The third-order valence-electron chi connectivity index (χ3n) is 5.27. The van der Waals surface area contributed by atoms with Gasteiger partial charge in [0.05, 0.1) is 5.56 Å². The molecule has 1 aromatic heterocycles. The first kappa shape index (κ1) is 21.7. The Labute approximate surface area is 176 Å². The summed E-state index contributed by atoms with van der Waals surface area (Å²) in [6.07, 6.45) is -6.96. The number of halogens is 6. The molecule has 3 aromatic rings. The zero-order valence-corrected chi connectivity index (χ0v) is 16.5. The molecule has 32 heavy (non-hydrogen) atoms. The van der Waals surface area contributed by atoms with E-state index in [2.05, 4.69) is 10.2 Å². The van der Waals surface area contributed by atoms with Crippen molar-refractivity contribution in [1.82, 2.24) is 14.8 Å². The Balaban J connectivity index is 1.83. The number of alkyl halides is 4. The maximum absolute atomic E-state index is 15.4. The number of benzene rings is 2. The van der Waals surface area contributed by atoms with E-state index in [-0.39, 0.29) is 22.8 Å². The molecule has 4 rings (SSSR count). The number of hydrogen-bond acceptors (Lipinski definition) is 4. The lowest BCUT2D eigenvalue weighted by molar-refractivity contribution is -0.137. The van der Waals surface area contributed by atoms with Crippen LogP contribution in [0.25, 0.3) is 11.4 Å². The van der Waals surface area contributed by atoms with Gasteiger partial charge in [-0.2, -0.15) is 13.2 Å². The van der Waals surface area contributed by atoms with Crippen LogP contribution in [0.2, 0.25) is 0 Å². The van der Waals surface area contributed by atoms with Gasteiger partial charge in [0.25, 0.3) is 0 Å². The average molecular weight is 456 g/mol. The SMILES string of the molecule is Cn1c(-c2ccc(F)cc2C(F)(F)F)nnc1C1(C)Oc2c(F)cc(C(N)=O)cc2C1F. The number of nitrogens with zero attached hydrogens (tertiary/aromatic N) is 3. The largest absolute Gasteiger partial charge is 0.473 e. The molecular formula is C20H14F6N4O2. The number of amides is 1. The predicted molar refractivity (Wildman–Crippen MR) is 98.1 cm³/mol. The number of ether oxygens (including phenoxy) is 1. The Hall–Kier alpha value is -3.57. The van der Waals surface area contributed by atoms with Crippen molar-refractivity contribution in [1.29, 1.82) is 0 Å². The second-order valence-electron chi connectivity index (χ2n) is 7.41. The van der Waals surface area contributed by atoms with E-state index in [1.807, 2.05) is 0 Å². The van der Waals surface area contributed by atoms with Gasteiger partial charge in [-0.3, -0.25) is 4.79 Å². The monoisotopic (exact) mass is 456 g/mol. The summed E-state index contributed by atoms with van der Waals surface area (Å²) < 4.78 is 90.2. The lowest BCUT2D eigenvalue weighted by Gasteiger charge is -2.25. The molecule has 0 fully saturated rings. The van der Waals surface area contributed by atoms with E-state index in [0.717, 1.165) is 28.8 Å². The molecule has 12 heteroatoms. The van der Waals surface area contributed by atoms with E-state index in [0.29, 0.717) is 6.07 Å². The molecule has 168 valence electrons. The van der Waals surface area contributed by atoms with Crippen LogP contribution in [-0.2, 0) is 18.8 Å². The molecule has 0 saturated heterocycles. The van der Waals surface area contributed by atoms with Crippen LogP contribution in [0.3, 0.4) is 0 Å². The van der Waals surface area contributed by atoms with E-state index < -0.39 is 52.4 Å². The van der Waals surface area contributed by atoms with Gasteiger partial charge in [-0.05, 0) is 37.3 Å². The predicted octanol–water partition coefficient (Wildman–Crippen LogP) is 4.20. The maximum Gasteiger partial charge on any atom is 0.417 e. The van der Waals surface area contributed by atoms with E-state index in [9.17, 15) is 26.7 Å². The van der Waals surface area contributed by atoms with E-state index in [4.69, 9.17) is 10.5 Å². The summed E-state index contributed by atoms with van der Waals surface area (Å²) in [6.45, 7) is 1.21. The van der Waals surface area contributed by atoms with Crippen LogP contribution in [0.4, 0.5) is 26.3 Å². The number of carbonyl (C=O) groups is 1. The van der Waals surface area contributed by atoms with Crippen LogP contribution in [-0.4, -0.2) is 20.7 Å². The fourth-order valence-corrected chi connectivity index (χ4v) is 3.71. The zero-order valence-electron chi connectivity index (χ0n) is 16.5. The summed E-state index contributed by atoms with van der Waals surface area (Å²) in [6, 6.07) is 3.84. The third kappa shape index (κ3) is 3.17. The highest BCUT2D eigenvalue weighted by Crippen LogP contribution is 2.52. The summed E-state index contributed by atoms with van der Waals surface area (Å²) in [4.78, 5) is 11.4. The number of hydrogen-bond donors (Lipinski definition) is 1. The molecular weight excluding hydrogens is 442 g/mol. The minimum atomic E-state index is -4.90. The number of primary amides is 1. The van der Waals surface area contributed by atoms with Gasteiger partial charge in [0.2, 0.25) is 11.5 Å². The Morgan fingerprint density at radius 3 is 2.50 bits per heavy atom. The van der Waals surface area contributed by atoms with Gasteiger partial charge in [0, 0.05) is 23.7 Å². The Morgan fingerprint density at radius 2 is 1.88 bits per heavy atom. The molecule has 1 aliphatic rings. The van der Waals surface area contributed by atoms with Crippen LogP contribution in [0.5, 0.6) is 5.75 Å². The van der Waals surface area contributed by atoms with Crippen molar-refractivity contribution in [2.75, 3.05) is 0 Å². The van der Waals surface area contributed by atoms with E-state index >= 15 is 4.39 Å². The topological polar surface area (TPSA) is 83.0 Å². The molecule has 2 heterocycles. The lowest BCUT2D eigenvalue weighted by Crippen LogP contribution is -2.33. The van der Waals surface area contributed by atoms with Gasteiger partial charge >= 0.3 is 6.18 Å². The van der Waals surface area contributed by atoms with E-state index in [1.165, 1.54) is 14.0 Å². The number of rotatable bonds is 3. The molecule has 2 atom stereocenters. The first-order valence-electron chi connectivity index (χ1n) is 9.08. The van der Waals surface area contributed by atoms with Gasteiger partial charge < -0.3 is 15.0 Å². The highest BCUT2D eigenvalue weighted by atomic mass is 19.4. The highest BCUT2D eigenvalue weighted by Gasteiger charge is 2.52. The van der Waals surface area contributed by atoms with Crippen LogP contribution in [0.15, 0.2) is 30.3 Å². The molecule has 1 amide bonds. The summed E-state index contributed by atoms with van der Waals surface area (Å²) in [7, 11) is 1.27. The highest BCUT2D eigenvalue weighted by molar-refractivity contribution is 5.93. The van der Waals surface area contributed by atoms with Crippen LogP contribution in [0.1, 0.15) is 40.4 Å². The van der Waals surface area contributed by atoms with Crippen molar-refractivity contribution >= 4 is 5.91 Å². The minimum Gasteiger partial charge on any atom is -0.473 e. The molecule has 0 radical (unpaired) electrons. The molecule has 0 aliphatic carbocycles. The van der Waals surface area contributed by atoms with Crippen LogP contribution >= 0.6 is 0 Å². The first-order chi connectivity index (χ1) is 14.8. The third-order valence-corrected chi connectivity index (χ3v) is 5.27. The molecule has 0 bridgehead atoms. The number of carbonyl (C=O) groups excluding carboxylic acids is 1. The molecule has 0 spiro atoms. The van der Waals surface area contributed by atoms with Crippen molar-refractivity contribution in [3.8, 4) is 17.1 Å². The van der Waals surface area contributed by atoms with Crippen molar-refractivity contribution in [2.24, 2.45) is 12.8 Å². The van der Waals surface area contributed by atoms with Gasteiger partial charge in [-0.25, -0.2) is 13.2 Å². The molecule has 2 N–H and O–H groups in total. The quantitative estimate of drug-likeness (QED) is 0.599. The fourth-order valence-electron chi connectivity index (χ4n) is 3.71. The zero-order chi connectivity index (χ0) is 23.6. The maximum atomic E-state index is 15.4. The molecule has 1 aliphatic heterocycles. The average Bonchev–Trinajstić information content (AvgIpc) is 3.21. The number of aromatic nitrogens is 3. The smallest absolute Gasteiger partial charge is 0.417 e. The number of fused-ring (bicyclic) bond motifs is 1. The van der Waals surface area contributed by atoms with Gasteiger partial charge in [0.15, 0.2) is 29.4 Å². The van der Waals surface area contributed by atoms with E-state index in [1.54, 1.807) is 0 Å². The molecule has 2 aromatic carbocycles. The van der Waals surface area contributed by atoms with Crippen LogP contribution < -0.4 is 10.5 Å². The summed E-state index contributed by atoms with van der Waals surface area (Å²) in [5, 5.41) is 7.51. The Kier molecular flexibility index (Phi) is 4.72. The standard InChI is InChI=1S/C20H14F6N4O2/c1-19(15(23)11-5-8(16(27)31)6-13(22)14(11)32-19)18-29-28-17(30(18)2)10-4-3-9(21)7-12(10)20(24,25)26/h3-7,15H,1-2H3,(H2,27,31). The van der Waals surface area contributed by atoms with Gasteiger partial charge in [0.1, 0.15) is 5.82 Å². The second-order valence-corrected chi connectivity index (χ2v) is 7.41. The lowest BCUT2D eigenvalue weighted by atomic mass is 9.94. The van der Waals surface area contributed by atoms with Gasteiger partial charge in [-0.1, -0.05) is 0 Å². The number of nitrogens with two attached hydrogens (primary N) is 1. The first-order valence-corrected chi connectivity index (χ1v) is 9.08. The summed E-state index contributed by atoms with van der Waals surface area (Å²) in [5.41, 5.74) is 0.781. The normalized spacial score (nSPS) is 20.2. The van der Waals surface area contributed by atoms with Gasteiger partial charge in [-0.15, -0.1) is 10.2 Å². The molecule has 2 unspecified atom stereocenters. The summed E-state index contributed by atoms with van der Waals surface area (Å²) in [5.74, 6) is -4.19.